The molecule has 1 rings (SSSR count). The minimum Gasteiger partial charge on any atom is -0.314 e. The van der Waals surface area contributed by atoms with Gasteiger partial charge >= 0.3 is 0 Å². The Labute approximate surface area is 88.1 Å². The van der Waals surface area contributed by atoms with Crippen LogP contribution >= 0.6 is 0 Å². The Bertz CT molecular complexity index is 183. The van der Waals surface area contributed by atoms with Crippen molar-refractivity contribution in [3.63, 3.8) is 0 Å². The average Bonchev–Trinajstić information content (AvgIpc) is 2.25. The highest BCUT2D eigenvalue weighted by Crippen LogP contribution is 2.08. The van der Waals surface area contributed by atoms with Crippen molar-refractivity contribution < 1.29 is 0 Å². The lowest BCUT2D eigenvalue weighted by Crippen LogP contribution is -2.51. The van der Waals surface area contributed by atoms with E-state index in [9.17, 15) is 0 Å². The first-order valence-corrected chi connectivity index (χ1v) is 5.76. The van der Waals surface area contributed by atoms with E-state index in [0.717, 1.165) is 25.6 Å². The Morgan fingerprint density at radius 1 is 1.50 bits per heavy atom. The van der Waals surface area contributed by atoms with E-state index in [-0.39, 0.29) is 0 Å². The SMILES string of the molecule is C#CCCCCN1CCNCC1CC. The maximum atomic E-state index is 5.23. The number of unbranched alkanes of at least 4 members (excludes halogenated alkanes) is 2. The standard InChI is InChI=1S/C12H22N2/c1-3-5-6-7-9-14-10-8-13-11-12(14)4-2/h1,12-13H,4-11H2,2H3. The van der Waals surface area contributed by atoms with Gasteiger partial charge in [0.15, 0.2) is 0 Å². The third kappa shape index (κ3) is 3.69. The lowest BCUT2D eigenvalue weighted by molar-refractivity contribution is 0.154. The van der Waals surface area contributed by atoms with Crippen LogP contribution in [0, 0.1) is 12.3 Å². The van der Waals surface area contributed by atoms with Gasteiger partial charge in [0.25, 0.3) is 0 Å². The highest BCUT2D eigenvalue weighted by Gasteiger charge is 2.19. The van der Waals surface area contributed by atoms with Crippen molar-refractivity contribution in [1.29, 1.82) is 0 Å². The molecular formula is C12H22N2. The number of rotatable bonds is 5. The normalized spacial score (nSPS) is 23.3. The number of nitrogens with one attached hydrogen (secondary N) is 1. The van der Waals surface area contributed by atoms with Gasteiger partial charge in [-0.15, -0.1) is 12.3 Å². The Kier molecular flexibility index (Phi) is 5.66. The van der Waals surface area contributed by atoms with Crippen molar-refractivity contribution in [3.8, 4) is 12.3 Å². The molecule has 1 saturated heterocycles. The smallest absolute Gasteiger partial charge is 0.0218 e. The first-order chi connectivity index (χ1) is 6.88. The highest BCUT2D eigenvalue weighted by atomic mass is 15.2. The van der Waals surface area contributed by atoms with Gasteiger partial charge in [0.05, 0.1) is 0 Å². The molecule has 0 bridgehead atoms. The van der Waals surface area contributed by atoms with Crippen LogP contribution in [0.5, 0.6) is 0 Å². The Balaban J connectivity index is 2.17. The van der Waals surface area contributed by atoms with Crippen molar-refractivity contribution in [1.82, 2.24) is 10.2 Å². The minimum absolute atomic E-state index is 0.745. The number of hydrogen-bond donors (Lipinski definition) is 1. The molecule has 0 aromatic rings. The maximum Gasteiger partial charge on any atom is 0.0218 e. The molecule has 1 atom stereocenters. The monoisotopic (exact) mass is 194 g/mol. The van der Waals surface area contributed by atoms with Gasteiger partial charge < -0.3 is 5.32 Å². The zero-order valence-corrected chi connectivity index (χ0v) is 9.26. The minimum atomic E-state index is 0.745. The van der Waals surface area contributed by atoms with E-state index >= 15 is 0 Å². The number of hydrogen-bond acceptors (Lipinski definition) is 2. The van der Waals surface area contributed by atoms with Gasteiger partial charge in [-0.25, -0.2) is 0 Å². The summed E-state index contributed by atoms with van der Waals surface area (Å²) in [5.74, 6) is 2.70. The van der Waals surface area contributed by atoms with E-state index < -0.39 is 0 Å². The van der Waals surface area contributed by atoms with Crippen LogP contribution in [-0.4, -0.2) is 37.1 Å². The molecule has 0 saturated carbocycles. The van der Waals surface area contributed by atoms with Crippen LogP contribution in [0.15, 0.2) is 0 Å². The molecular weight excluding hydrogens is 172 g/mol. The summed E-state index contributed by atoms with van der Waals surface area (Å²) in [5.41, 5.74) is 0. The van der Waals surface area contributed by atoms with Crippen molar-refractivity contribution >= 4 is 0 Å². The van der Waals surface area contributed by atoms with Crippen LogP contribution in [-0.2, 0) is 0 Å². The van der Waals surface area contributed by atoms with E-state index in [1.807, 2.05) is 0 Å². The summed E-state index contributed by atoms with van der Waals surface area (Å²) >= 11 is 0. The van der Waals surface area contributed by atoms with E-state index in [2.05, 4.69) is 23.1 Å². The first-order valence-electron chi connectivity index (χ1n) is 5.76. The van der Waals surface area contributed by atoms with Gasteiger partial charge in [-0.1, -0.05) is 6.92 Å². The summed E-state index contributed by atoms with van der Waals surface area (Å²) in [6.45, 7) is 7.00. The highest BCUT2D eigenvalue weighted by molar-refractivity contribution is 4.83. The largest absolute Gasteiger partial charge is 0.314 e. The van der Waals surface area contributed by atoms with Crippen LogP contribution in [0.2, 0.25) is 0 Å². The Hall–Kier alpha value is -0.520. The average molecular weight is 194 g/mol. The van der Waals surface area contributed by atoms with Crippen molar-refractivity contribution in [2.75, 3.05) is 26.2 Å². The lowest BCUT2D eigenvalue weighted by atomic mass is 10.1. The van der Waals surface area contributed by atoms with E-state index in [1.165, 1.54) is 32.4 Å². The molecule has 0 spiro atoms. The molecule has 2 heteroatoms. The van der Waals surface area contributed by atoms with E-state index in [1.54, 1.807) is 0 Å². The lowest BCUT2D eigenvalue weighted by Gasteiger charge is -2.35. The van der Waals surface area contributed by atoms with Crippen LogP contribution in [0.4, 0.5) is 0 Å². The van der Waals surface area contributed by atoms with E-state index in [4.69, 9.17) is 6.42 Å². The molecule has 0 aliphatic carbocycles. The zero-order valence-electron chi connectivity index (χ0n) is 9.26. The molecule has 14 heavy (non-hydrogen) atoms. The quantitative estimate of drug-likeness (QED) is 0.527. The second kappa shape index (κ2) is 6.86. The number of nitrogens with zero attached hydrogens (tertiary/aromatic N) is 1. The predicted octanol–water partition coefficient (Wildman–Crippen LogP) is 1.47. The van der Waals surface area contributed by atoms with Crippen molar-refractivity contribution in [2.45, 2.75) is 38.6 Å². The van der Waals surface area contributed by atoms with E-state index in [0.29, 0.717) is 0 Å². The van der Waals surface area contributed by atoms with Crippen LogP contribution < -0.4 is 5.32 Å². The molecule has 1 aliphatic rings. The topological polar surface area (TPSA) is 15.3 Å². The molecule has 80 valence electrons. The molecule has 1 N–H and O–H groups in total. The predicted molar refractivity (Wildman–Crippen MR) is 61.2 cm³/mol. The summed E-state index contributed by atoms with van der Waals surface area (Å²) in [4.78, 5) is 2.60. The number of terminal acetylenes is 1. The molecule has 0 aromatic heterocycles. The summed E-state index contributed by atoms with van der Waals surface area (Å²) in [6, 6.07) is 0.745. The van der Waals surface area contributed by atoms with Crippen molar-refractivity contribution in [3.05, 3.63) is 0 Å². The Morgan fingerprint density at radius 2 is 2.36 bits per heavy atom. The molecule has 2 nitrogen and oxygen atoms in total. The summed E-state index contributed by atoms with van der Waals surface area (Å²) in [5, 5.41) is 3.44. The summed E-state index contributed by atoms with van der Waals surface area (Å²) in [6.07, 6.45) is 9.84. The van der Waals surface area contributed by atoms with Crippen LogP contribution in [0.1, 0.15) is 32.6 Å². The maximum absolute atomic E-state index is 5.23. The second-order valence-electron chi connectivity index (χ2n) is 3.96. The van der Waals surface area contributed by atoms with Gasteiger partial charge in [-0.05, 0) is 25.8 Å². The molecule has 0 radical (unpaired) electrons. The summed E-state index contributed by atoms with van der Waals surface area (Å²) < 4.78 is 0. The molecule has 1 fully saturated rings. The second-order valence-corrected chi connectivity index (χ2v) is 3.96. The fourth-order valence-electron chi connectivity index (χ4n) is 2.04. The Morgan fingerprint density at radius 3 is 3.07 bits per heavy atom. The third-order valence-electron chi connectivity index (χ3n) is 2.96. The molecule has 0 aromatic carbocycles. The van der Waals surface area contributed by atoms with Gasteiger partial charge in [0.2, 0.25) is 0 Å². The summed E-state index contributed by atoms with van der Waals surface area (Å²) in [7, 11) is 0. The van der Waals surface area contributed by atoms with Crippen LogP contribution in [0.3, 0.4) is 0 Å². The van der Waals surface area contributed by atoms with Crippen LogP contribution in [0.25, 0.3) is 0 Å². The molecule has 1 heterocycles. The van der Waals surface area contributed by atoms with Crippen molar-refractivity contribution in [2.24, 2.45) is 0 Å². The fourth-order valence-corrected chi connectivity index (χ4v) is 2.04. The van der Waals surface area contributed by atoms with Gasteiger partial charge in [0, 0.05) is 32.1 Å². The third-order valence-corrected chi connectivity index (χ3v) is 2.96. The first kappa shape index (κ1) is 11.6. The number of piperazine rings is 1. The fraction of sp³-hybridized carbons (Fsp3) is 0.833. The van der Waals surface area contributed by atoms with Gasteiger partial charge in [0.1, 0.15) is 0 Å². The molecule has 1 unspecified atom stereocenters. The van der Waals surface area contributed by atoms with Gasteiger partial charge in [-0.3, -0.25) is 4.90 Å². The van der Waals surface area contributed by atoms with Gasteiger partial charge in [-0.2, -0.15) is 0 Å². The molecule has 0 amide bonds. The zero-order chi connectivity index (χ0) is 10.2. The molecule has 1 aliphatic heterocycles.